The molecule has 1 aromatic rings. The first-order chi connectivity index (χ1) is 9.60. The van der Waals surface area contributed by atoms with Crippen molar-refractivity contribution in [3.05, 3.63) is 10.6 Å². The summed E-state index contributed by atoms with van der Waals surface area (Å²) in [5.74, 6) is 0.127. The van der Waals surface area contributed by atoms with Crippen LogP contribution in [-0.4, -0.2) is 28.9 Å². The lowest BCUT2D eigenvalue weighted by molar-refractivity contribution is 0.0475. The number of nitrogens with zero attached hydrogens (tertiary/aromatic N) is 2. The van der Waals surface area contributed by atoms with E-state index in [0.717, 1.165) is 23.7 Å². The molecule has 0 unspecified atom stereocenters. The summed E-state index contributed by atoms with van der Waals surface area (Å²) in [7, 11) is 0. The van der Waals surface area contributed by atoms with Crippen molar-refractivity contribution >= 4 is 22.4 Å². The highest BCUT2D eigenvalue weighted by Gasteiger charge is 2.37. The average molecular weight is 293 g/mol. The molecule has 5 heteroatoms. The summed E-state index contributed by atoms with van der Waals surface area (Å²) >= 11 is 1.32. The second-order valence-corrected chi connectivity index (χ2v) is 7.35. The van der Waals surface area contributed by atoms with E-state index in [1.165, 1.54) is 56.3 Å². The average Bonchev–Trinajstić information content (AvgIpc) is 2.79. The summed E-state index contributed by atoms with van der Waals surface area (Å²) < 4.78 is 0. The van der Waals surface area contributed by atoms with E-state index in [1.807, 2.05) is 11.8 Å². The molecule has 1 aromatic heterocycles. The van der Waals surface area contributed by atoms with Crippen molar-refractivity contribution in [2.75, 3.05) is 18.8 Å². The van der Waals surface area contributed by atoms with Crippen LogP contribution in [0.15, 0.2) is 0 Å². The predicted molar refractivity (Wildman–Crippen MR) is 81.9 cm³/mol. The number of aromatic nitrogens is 1. The molecule has 1 saturated heterocycles. The maximum Gasteiger partial charge on any atom is 0.265 e. The Morgan fingerprint density at radius 2 is 1.85 bits per heavy atom. The molecule has 3 rings (SSSR count). The van der Waals surface area contributed by atoms with Crippen molar-refractivity contribution in [1.82, 2.24) is 9.88 Å². The molecule has 1 amide bonds. The number of rotatable bonds is 1. The number of hydrogen-bond acceptors (Lipinski definition) is 4. The third kappa shape index (κ3) is 2.55. The fourth-order valence-electron chi connectivity index (χ4n) is 3.75. The van der Waals surface area contributed by atoms with Gasteiger partial charge in [0.15, 0.2) is 5.13 Å². The zero-order chi connectivity index (χ0) is 14.2. The van der Waals surface area contributed by atoms with Crippen LogP contribution in [0.1, 0.15) is 60.3 Å². The van der Waals surface area contributed by atoms with E-state index in [2.05, 4.69) is 4.98 Å². The number of aryl methyl sites for hydroxylation is 1. The number of nitrogens with two attached hydrogens (primary N) is 1. The predicted octanol–water partition coefficient (Wildman–Crippen LogP) is 3.22. The van der Waals surface area contributed by atoms with Gasteiger partial charge >= 0.3 is 0 Å². The summed E-state index contributed by atoms with van der Waals surface area (Å²) in [6.45, 7) is 3.67. The molecule has 1 spiro atoms. The van der Waals surface area contributed by atoms with E-state index in [0.29, 0.717) is 10.5 Å². The zero-order valence-electron chi connectivity index (χ0n) is 12.2. The zero-order valence-corrected chi connectivity index (χ0v) is 13.0. The summed E-state index contributed by atoms with van der Waals surface area (Å²) in [4.78, 5) is 19.4. The van der Waals surface area contributed by atoms with E-state index < -0.39 is 0 Å². The Balaban J connectivity index is 1.66. The van der Waals surface area contributed by atoms with Crippen molar-refractivity contribution in [2.24, 2.45) is 5.41 Å². The van der Waals surface area contributed by atoms with Crippen molar-refractivity contribution in [3.63, 3.8) is 0 Å². The molecule has 0 radical (unpaired) electrons. The molecule has 0 bridgehead atoms. The van der Waals surface area contributed by atoms with Crippen LogP contribution in [0.5, 0.6) is 0 Å². The van der Waals surface area contributed by atoms with Crippen LogP contribution in [0.25, 0.3) is 0 Å². The van der Waals surface area contributed by atoms with Gasteiger partial charge in [0.05, 0.1) is 5.69 Å². The topological polar surface area (TPSA) is 59.2 Å². The summed E-state index contributed by atoms with van der Waals surface area (Å²) in [5.41, 5.74) is 7.01. The second-order valence-electron chi connectivity index (χ2n) is 6.32. The van der Waals surface area contributed by atoms with E-state index in [-0.39, 0.29) is 5.91 Å². The monoisotopic (exact) mass is 293 g/mol. The van der Waals surface area contributed by atoms with Crippen molar-refractivity contribution in [1.29, 1.82) is 0 Å². The van der Waals surface area contributed by atoms with Gasteiger partial charge in [-0.2, -0.15) is 0 Å². The van der Waals surface area contributed by atoms with Crippen molar-refractivity contribution in [3.8, 4) is 0 Å². The Kier molecular flexibility index (Phi) is 3.71. The molecular formula is C15H23N3OS. The summed E-state index contributed by atoms with van der Waals surface area (Å²) in [6, 6.07) is 0. The Labute approximate surface area is 124 Å². The number of hydrogen-bond donors (Lipinski definition) is 1. The van der Waals surface area contributed by atoms with Crippen molar-refractivity contribution in [2.45, 2.75) is 51.9 Å². The highest BCUT2D eigenvalue weighted by Crippen LogP contribution is 2.44. The van der Waals surface area contributed by atoms with Gasteiger partial charge in [0.1, 0.15) is 4.88 Å². The minimum Gasteiger partial charge on any atom is -0.375 e. The Morgan fingerprint density at radius 1 is 1.20 bits per heavy atom. The summed E-state index contributed by atoms with van der Waals surface area (Å²) in [5, 5.41) is 0.492. The molecule has 2 fully saturated rings. The van der Waals surface area contributed by atoms with Gasteiger partial charge < -0.3 is 10.6 Å². The van der Waals surface area contributed by atoms with Crippen LogP contribution in [0.4, 0.5) is 5.13 Å². The highest BCUT2D eigenvalue weighted by molar-refractivity contribution is 7.17. The maximum absolute atomic E-state index is 12.5. The number of carbonyl (C=O) groups is 1. The SMILES string of the molecule is Cc1nc(N)sc1C(=O)N1CCC2(CCCCC2)CC1. The minimum absolute atomic E-state index is 0.127. The van der Waals surface area contributed by atoms with Crippen molar-refractivity contribution < 1.29 is 4.79 Å². The van der Waals surface area contributed by atoms with Crippen LogP contribution in [0.3, 0.4) is 0 Å². The number of nitrogen functional groups attached to an aromatic ring is 1. The number of amides is 1. The van der Waals surface area contributed by atoms with Gasteiger partial charge in [0, 0.05) is 13.1 Å². The Morgan fingerprint density at radius 3 is 2.40 bits per heavy atom. The molecule has 2 heterocycles. The lowest BCUT2D eigenvalue weighted by atomic mass is 9.68. The molecule has 110 valence electrons. The first-order valence-electron chi connectivity index (χ1n) is 7.62. The molecule has 1 saturated carbocycles. The molecule has 0 aromatic carbocycles. The Bertz CT molecular complexity index is 495. The molecule has 0 atom stereocenters. The highest BCUT2D eigenvalue weighted by atomic mass is 32.1. The van der Waals surface area contributed by atoms with Gasteiger partial charge in [0.2, 0.25) is 0 Å². The quantitative estimate of drug-likeness (QED) is 0.865. The number of anilines is 1. The molecule has 4 nitrogen and oxygen atoms in total. The first-order valence-corrected chi connectivity index (χ1v) is 8.44. The number of likely N-dealkylation sites (tertiary alicyclic amines) is 1. The second kappa shape index (κ2) is 5.35. The molecule has 2 N–H and O–H groups in total. The smallest absolute Gasteiger partial charge is 0.265 e. The molecular weight excluding hydrogens is 270 g/mol. The van der Waals surface area contributed by atoms with Gasteiger partial charge in [-0.3, -0.25) is 4.79 Å². The third-order valence-electron chi connectivity index (χ3n) is 5.03. The van der Waals surface area contributed by atoms with Crippen LogP contribution in [0.2, 0.25) is 0 Å². The van der Waals surface area contributed by atoms with Gasteiger partial charge in [-0.15, -0.1) is 0 Å². The number of carbonyl (C=O) groups excluding carboxylic acids is 1. The normalized spacial score (nSPS) is 22.1. The molecule has 2 aliphatic rings. The fourth-order valence-corrected chi connectivity index (χ4v) is 4.55. The first kappa shape index (κ1) is 13.9. The molecule has 1 aliphatic heterocycles. The third-order valence-corrected chi connectivity index (χ3v) is 6.01. The molecule has 1 aliphatic carbocycles. The maximum atomic E-state index is 12.5. The van der Waals surface area contributed by atoms with E-state index in [9.17, 15) is 4.79 Å². The van der Waals surface area contributed by atoms with E-state index in [4.69, 9.17) is 5.73 Å². The molecule has 20 heavy (non-hydrogen) atoms. The van der Waals surface area contributed by atoms with E-state index in [1.54, 1.807) is 0 Å². The largest absolute Gasteiger partial charge is 0.375 e. The lowest BCUT2D eigenvalue weighted by Crippen LogP contribution is -2.43. The van der Waals surface area contributed by atoms with Crippen LogP contribution >= 0.6 is 11.3 Å². The van der Waals surface area contributed by atoms with Gasteiger partial charge in [0.25, 0.3) is 5.91 Å². The number of piperidine rings is 1. The van der Waals surface area contributed by atoms with Crippen LogP contribution in [0, 0.1) is 12.3 Å². The minimum atomic E-state index is 0.127. The van der Waals surface area contributed by atoms with Gasteiger partial charge in [-0.05, 0) is 38.0 Å². The van der Waals surface area contributed by atoms with E-state index >= 15 is 0 Å². The van der Waals surface area contributed by atoms with Crippen LogP contribution < -0.4 is 5.73 Å². The summed E-state index contributed by atoms with van der Waals surface area (Å²) in [6.07, 6.45) is 9.21. The van der Waals surface area contributed by atoms with Gasteiger partial charge in [-0.25, -0.2) is 4.98 Å². The Hall–Kier alpha value is -1.10. The van der Waals surface area contributed by atoms with Gasteiger partial charge in [-0.1, -0.05) is 30.6 Å². The fraction of sp³-hybridized carbons (Fsp3) is 0.733. The van der Waals surface area contributed by atoms with Crippen LogP contribution in [-0.2, 0) is 0 Å². The number of thiazole rings is 1. The standard InChI is InChI=1S/C15H23N3OS/c1-11-12(20-14(16)17-11)13(19)18-9-7-15(8-10-18)5-3-2-4-6-15/h2-10H2,1H3,(H2,16,17). The lowest BCUT2D eigenvalue weighted by Gasteiger charge is -2.44.